The molecule has 0 unspecified atom stereocenters. The van der Waals surface area contributed by atoms with E-state index >= 15 is 0 Å². The zero-order valence-corrected chi connectivity index (χ0v) is 18.4. The predicted molar refractivity (Wildman–Crippen MR) is 115 cm³/mol. The summed E-state index contributed by atoms with van der Waals surface area (Å²) in [7, 11) is -3.77. The SMILES string of the molecule is Cc1ccc(N(CC(=O)N2CCN(S(=O)(=O)c3cccc(F)c3)CC2)C(C)C)cc1. The van der Waals surface area contributed by atoms with Crippen molar-refractivity contribution in [3.8, 4) is 0 Å². The minimum absolute atomic E-state index is 0.0351. The molecule has 2 aromatic carbocycles. The summed E-state index contributed by atoms with van der Waals surface area (Å²) in [5.41, 5.74) is 2.14. The number of carbonyl (C=O) groups excluding carboxylic acids is 1. The first-order chi connectivity index (χ1) is 14.2. The zero-order chi connectivity index (χ0) is 21.9. The number of piperazine rings is 1. The van der Waals surface area contributed by atoms with E-state index in [1.165, 1.54) is 22.5 Å². The molecule has 1 saturated heterocycles. The second kappa shape index (κ2) is 9.14. The third-order valence-corrected chi connectivity index (χ3v) is 7.21. The minimum atomic E-state index is -3.77. The molecule has 0 aliphatic carbocycles. The fraction of sp³-hybridized carbons (Fsp3) is 0.409. The van der Waals surface area contributed by atoms with Crippen LogP contribution in [0.25, 0.3) is 0 Å². The summed E-state index contributed by atoms with van der Waals surface area (Å²) in [4.78, 5) is 16.6. The molecule has 1 heterocycles. The number of nitrogens with zero attached hydrogens (tertiary/aromatic N) is 3. The Balaban J connectivity index is 1.64. The molecule has 0 spiro atoms. The van der Waals surface area contributed by atoms with Gasteiger partial charge in [-0.2, -0.15) is 4.31 Å². The lowest BCUT2D eigenvalue weighted by atomic mass is 10.2. The van der Waals surface area contributed by atoms with Crippen molar-refractivity contribution in [2.45, 2.75) is 31.7 Å². The highest BCUT2D eigenvalue weighted by Crippen LogP contribution is 2.20. The highest BCUT2D eigenvalue weighted by molar-refractivity contribution is 7.89. The van der Waals surface area contributed by atoms with E-state index in [0.29, 0.717) is 13.1 Å². The fourth-order valence-corrected chi connectivity index (χ4v) is 4.96. The van der Waals surface area contributed by atoms with Crippen LogP contribution in [0.2, 0.25) is 0 Å². The number of hydrogen-bond donors (Lipinski definition) is 0. The van der Waals surface area contributed by atoms with Gasteiger partial charge in [-0.3, -0.25) is 4.79 Å². The van der Waals surface area contributed by atoms with Crippen LogP contribution in [0, 0.1) is 12.7 Å². The number of hydrogen-bond acceptors (Lipinski definition) is 4. The molecule has 1 amide bonds. The van der Waals surface area contributed by atoms with Gasteiger partial charge in [-0.15, -0.1) is 0 Å². The van der Waals surface area contributed by atoms with E-state index in [0.717, 1.165) is 17.3 Å². The van der Waals surface area contributed by atoms with Crippen molar-refractivity contribution in [2.24, 2.45) is 0 Å². The summed E-state index contributed by atoms with van der Waals surface area (Å²) >= 11 is 0. The average molecular weight is 434 g/mol. The van der Waals surface area contributed by atoms with E-state index in [4.69, 9.17) is 0 Å². The lowest BCUT2D eigenvalue weighted by Gasteiger charge is -2.36. The maximum Gasteiger partial charge on any atom is 0.243 e. The second-order valence-corrected chi connectivity index (χ2v) is 9.74. The van der Waals surface area contributed by atoms with Gasteiger partial charge >= 0.3 is 0 Å². The van der Waals surface area contributed by atoms with E-state index in [9.17, 15) is 17.6 Å². The smallest absolute Gasteiger partial charge is 0.243 e. The molecule has 3 rings (SSSR count). The summed E-state index contributed by atoms with van der Waals surface area (Å²) in [5, 5.41) is 0. The fourth-order valence-electron chi connectivity index (χ4n) is 3.51. The predicted octanol–water partition coefficient (Wildman–Crippen LogP) is 2.88. The number of halogens is 1. The number of anilines is 1. The van der Waals surface area contributed by atoms with Gasteiger partial charge in [0.15, 0.2) is 0 Å². The Bertz CT molecular complexity index is 985. The maximum absolute atomic E-state index is 13.4. The van der Waals surface area contributed by atoms with Crippen molar-refractivity contribution in [3.05, 3.63) is 59.9 Å². The average Bonchev–Trinajstić information content (AvgIpc) is 2.72. The number of benzene rings is 2. The second-order valence-electron chi connectivity index (χ2n) is 7.80. The molecule has 1 aliphatic rings. The Morgan fingerprint density at radius 2 is 1.70 bits per heavy atom. The molecule has 0 atom stereocenters. The van der Waals surface area contributed by atoms with Crippen molar-refractivity contribution < 1.29 is 17.6 Å². The lowest BCUT2D eigenvalue weighted by Crippen LogP contribution is -2.53. The standard InChI is InChI=1S/C22H28FN3O3S/c1-17(2)26(20-9-7-18(3)8-10-20)16-22(27)24-11-13-25(14-12-24)30(28,29)21-6-4-5-19(23)15-21/h4-10,15,17H,11-14,16H2,1-3H3. The Morgan fingerprint density at radius 1 is 1.07 bits per heavy atom. The summed E-state index contributed by atoms with van der Waals surface area (Å²) in [5.74, 6) is -0.623. The first-order valence-corrected chi connectivity index (χ1v) is 11.5. The van der Waals surface area contributed by atoms with Gasteiger partial charge in [0, 0.05) is 37.9 Å². The van der Waals surface area contributed by atoms with E-state index in [-0.39, 0.29) is 36.5 Å². The highest BCUT2D eigenvalue weighted by atomic mass is 32.2. The minimum Gasteiger partial charge on any atom is -0.360 e. The molecule has 0 radical (unpaired) electrons. The monoisotopic (exact) mass is 433 g/mol. The van der Waals surface area contributed by atoms with Crippen LogP contribution < -0.4 is 4.90 Å². The van der Waals surface area contributed by atoms with Crippen LogP contribution in [-0.2, 0) is 14.8 Å². The third kappa shape index (κ3) is 4.99. The van der Waals surface area contributed by atoms with Crippen LogP contribution in [0.4, 0.5) is 10.1 Å². The van der Waals surface area contributed by atoms with Crippen LogP contribution in [0.3, 0.4) is 0 Å². The molecule has 0 saturated carbocycles. The van der Waals surface area contributed by atoms with Crippen LogP contribution in [0.1, 0.15) is 19.4 Å². The number of aryl methyl sites for hydroxylation is 1. The molecule has 0 N–H and O–H groups in total. The topological polar surface area (TPSA) is 60.9 Å². The Labute approximate surface area is 177 Å². The first-order valence-electron chi connectivity index (χ1n) is 10.1. The molecular weight excluding hydrogens is 405 g/mol. The van der Waals surface area contributed by atoms with Gasteiger partial charge in [-0.25, -0.2) is 12.8 Å². The van der Waals surface area contributed by atoms with Crippen molar-refractivity contribution >= 4 is 21.6 Å². The molecule has 1 fully saturated rings. The molecule has 2 aromatic rings. The lowest BCUT2D eigenvalue weighted by molar-refractivity contribution is -0.130. The summed E-state index contributed by atoms with van der Waals surface area (Å²) in [6, 6.07) is 13.2. The van der Waals surface area contributed by atoms with Crippen molar-refractivity contribution in [1.82, 2.24) is 9.21 Å². The van der Waals surface area contributed by atoms with Gasteiger partial charge < -0.3 is 9.80 Å². The van der Waals surface area contributed by atoms with E-state index < -0.39 is 15.8 Å². The molecule has 1 aliphatic heterocycles. The van der Waals surface area contributed by atoms with Gasteiger partial charge in [0.1, 0.15) is 5.82 Å². The largest absolute Gasteiger partial charge is 0.360 e. The van der Waals surface area contributed by atoms with E-state index in [2.05, 4.69) is 0 Å². The molecule has 8 heteroatoms. The molecule has 162 valence electrons. The maximum atomic E-state index is 13.4. The van der Waals surface area contributed by atoms with Crippen molar-refractivity contribution in [1.29, 1.82) is 0 Å². The van der Waals surface area contributed by atoms with Crippen LogP contribution in [0.5, 0.6) is 0 Å². The summed E-state index contributed by atoms with van der Waals surface area (Å²) in [6.07, 6.45) is 0. The zero-order valence-electron chi connectivity index (χ0n) is 17.6. The van der Waals surface area contributed by atoms with Crippen molar-refractivity contribution in [3.63, 3.8) is 0 Å². The van der Waals surface area contributed by atoms with Gasteiger partial charge in [0.05, 0.1) is 11.4 Å². The van der Waals surface area contributed by atoms with Crippen LogP contribution in [-0.4, -0.2) is 62.3 Å². The Hall–Kier alpha value is -2.45. The van der Waals surface area contributed by atoms with Crippen LogP contribution >= 0.6 is 0 Å². The number of carbonyl (C=O) groups is 1. The van der Waals surface area contributed by atoms with Gasteiger partial charge in [0.2, 0.25) is 15.9 Å². The molecule has 0 bridgehead atoms. The van der Waals surface area contributed by atoms with Gasteiger partial charge in [-0.05, 0) is 51.1 Å². The van der Waals surface area contributed by atoms with Gasteiger partial charge in [0.25, 0.3) is 0 Å². The molecule has 0 aromatic heterocycles. The van der Waals surface area contributed by atoms with E-state index in [1.807, 2.05) is 49.9 Å². The quantitative estimate of drug-likeness (QED) is 0.703. The Morgan fingerprint density at radius 3 is 2.27 bits per heavy atom. The highest BCUT2D eigenvalue weighted by Gasteiger charge is 2.31. The molecule has 6 nitrogen and oxygen atoms in total. The first kappa shape index (κ1) is 22.2. The molecule has 30 heavy (non-hydrogen) atoms. The number of sulfonamides is 1. The van der Waals surface area contributed by atoms with Crippen molar-refractivity contribution in [2.75, 3.05) is 37.6 Å². The molecular formula is C22H28FN3O3S. The van der Waals surface area contributed by atoms with E-state index in [1.54, 1.807) is 4.90 Å². The van der Waals surface area contributed by atoms with Crippen LogP contribution in [0.15, 0.2) is 53.4 Å². The number of amides is 1. The third-order valence-electron chi connectivity index (χ3n) is 5.32. The normalized spacial score (nSPS) is 15.4. The Kier molecular flexibility index (Phi) is 6.77. The summed E-state index contributed by atoms with van der Waals surface area (Å²) < 4.78 is 40.2. The summed E-state index contributed by atoms with van der Waals surface area (Å²) in [6.45, 7) is 7.34. The van der Waals surface area contributed by atoms with Gasteiger partial charge in [-0.1, -0.05) is 23.8 Å². The number of rotatable bonds is 6.